The Labute approximate surface area is 137 Å². The second kappa shape index (κ2) is 8.68. The summed E-state index contributed by atoms with van der Waals surface area (Å²) in [4.78, 5) is 15.7. The third kappa shape index (κ3) is 5.60. The van der Waals surface area contributed by atoms with E-state index in [1.165, 1.54) is 6.07 Å². The van der Waals surface area contributed by atoms with E-state index < -0.39 is 0 Å². The summed E-state index contributed by atoms with van der Waals surface area (Å²) in [7, 11) is 0. The second-order valence-electron chi connectivity index (χ2n) is 5.09. The van der Waals surface area contributed by atoms with Gasteiger partial charge in [0, 0.05) is 36.4 Å². The predicted octanol–water partition coefficient (Wildman–Crippen LogP) is 3.31. The predicted molar refractivity (Wildman–Crippen MR) is 86.9 cm³/mol. The summed E-state index contributed by atoms with van der Waals surface area (Å²) in [6.07, 6.45) is 8.08. The number of imidazole rings is 1. The first-order valence-corrected chi connectivity index (χ1v) is 8.11. The van der Waals surface area contributed by atoms with Gasteiger partial charge in [0.1, 0.15) is 5.82 Å². The third-order valence-electron chi connectivity index (χ3n) is 3.36. The Morgan fingerprint density at radius 2 is 2.23 bits per heavy atom. The Morgan fingerprint density at radius 1 is 1.36 bits per heavy atom. The number of nitrogens with zero attached hydrogens (tertiary/aromatic N) is 2. The number of halogens is 2. The van der Waals surface area contributed by atoms with Gasteiger partial charge >= 0.3 is 0 Å². The molecule has 0 unspecified atom stereocenters. The lowest BCUT2D eigenvalue weighted by Gasteiger charge is -2.07. The van der Waals surface area contributed by atoms with Gasteiger partial charge in [-0.1, -0.05) is 22.0 Å². The number of unbranched alkanes of at least 4 members (excludes halogenated alkanes) is 1. The van der Waals surface area contributed by atoms with Crippen LogP contribution in [0.3, 0.4) is 0 Å². The molecule has 0 bridgehead atoms. The fourth-order valence-corrected chi connectivity index (χ4v) is 2.46. The van der Waals surface area contributed by atoms with Crippen molar-refractivity contribution in [3.8, 4) is 0 Å². The molecule has 0 spiro atoms. The quantitative estimate of drug-likeness (QED) is 0.727. The van der Waals surface area contributed by atoms with E-state index in [9.17, 15) is 9.18 Å². The molecule has 1 amide bonds. The Hall–Kier alpha value is -1.69. The van der Waals surface area contributed by atoms with Gasteiger partial charge in [-0.15, -0.1) is 0 Å². The molecule has 0 fully saturated rings. The van der Waals surface area contributed by atoms with Gasteiger partial charge in [-0.2, -0.15) is 0 Å². The van der Waals surface area contributed by atoms with Crippen LogP contribution in [0.5, 0.6) is 0 Å². The van der Waals surface area contributed by atoms with Gasteiger partial charge in [0.15, 0.2) is 0 Å². The van der Waals surface area contributed by atoms with Crippen LogP contribution in [-0.4, -0.2) is 22.0 Å². The van der Waals surface area contributed by atoms with Gasteiger partial charge in [0.05, 0.1) is 6.33 Å². The first kappa shape index (κ1) is 16.7. The molecular weight excluding hydrogens is 349 g/mol. The number of amides is 1. The molecule has 2 rings (SSSR count). The van der Waals surface area contributed by atoms with Crippen LogP contribution in [0.25, 0.3) is 0 Å². The number of hydrogen-bond donors (Lipinski definition) is 1. The van der Waals surface area contributed by atoms with Crippen molar-refractivity contribution in [1.29, 1.82) is 0 Å². The van der Waals surface area contributed by atoms with E-state index in [1.54, 1.807) is 24.7 Å². The van der Waals surface area contributed by atoms with Gasteiger partial charge in [0.2, 0.25) is 5.91 Å². The molecule has 0 aliphatic heterocycles. The number of aryl methyl sites for hydroxylation is 2. The Morgan fingerprint density at radius 3 is 2.95 bits per heavy atom. The molecule has 22 heavy (non-hydrogen) atoms. The Kier molecular flexibility index (Phi) is 6.58. The molecule has 1 N–H and O–H groups in total. The van der Waals surface area contributed by atoms with Crippen LogP contribution in [0.15, 0.2) is 41.4 Å². The van der Waals surface area contributed by atoms with Crippen molar-refractivity contribution in [2.45, 2.75) is 32.2 Å². The number of rotatable bonds is 8. The lowest BCUT2D eigenvalue weighted by molar-refractivity contribution is -0.121. The van der Waals surface area contributed by atoms with Crippen LogP contribution < -0.4 is 5.32 Å². The molecule has 1 aromatic carbocycles. The maximum atomic E-state index is 13.6. The molecule has 0 aliphatic carbocycles. The van der Waals surface area contributed by atoms with Crippen molar-refractivity contribution in [1.82, 2.24) is 14.9 Å². The van der Waals surface area contributed by atoms with Gasteiger partial charge in [-0.25, -0.2) is 9.37 Å². The van der Waals surface area contributed by atoms with Crippen LogP contribution in [-0.2, 0) is 17.8 Å². The molecule has 4 nitrogen and oxygen atoms in total. The highest BCUT2D eigenvalue weighted by atomic mass is 79.9. The second-order valence-corrected chi connectivity index (χ2v) is 6.01. The zero-order valence-electron chi connectivity index (χ0n) is 12.3. The molecule has 118 valence electrons. The number of aromatic nitrogens is 2. The van der Waals surface area contributed by atoms with Crippen LogP contribution >= 0.6 is 15.9 Å². The highest BCUT2D eigenvalue weighted by Crippen LogP contribution is 2.16. The summed E-state index contributed by atoms with van der Waals surface area (Å²) < 4.78 is 16.3. The molecule has 1 heterocycles. The first-order chi connectivity index (χ1) is 10.6. The molecule has 2 aromatic rings. The lowest BCUT2D eigenvalue weighted by Crippen LogP contribution is -2.24. The number of carbonyl (C=O) groups is 1. The Balaban J connectivity index is 1.59. The summed E-state index contributed by atoms with van der Waals surface area (Å²) in [5.41, 5.74) is 0.568. The summed E-state index contributed by atoms with van der Waals surface area (Å²) in [6.45, 7) is 1.55. The zero-order chi connectivity index (χ0) is 15.8. The fraction of sp³-hybridized carbons (Fsp3) is 0.375. The van der Waals surface area contributed by atoms with Crippen LogP contribution in [0.2, 0.25) is 0 Å². The van der Waals surface area contributed by atoms with Crippen molar-refractivity contribution < 1.29 is 9.18 Å². The van der Waals surface area contributed by atoms with Crippen molar-refractivity contribution in [3.05, 3.63) is 52.8 Å². The normalized spacial score (nSPS) is 10.6. The van der Waals surface area contributed by atoms with Gasteiger partial charge in [0.25, 0.3) is 0 Å². The van der Waals surface area contributed by atoms with E-state index in [2.05, 4.69) is 26.2 Å². The number of benzene rings is 1. The average molecular weight is 368 g/mol. The topological polar surface area (TPSA) is 46.9 Å². The minimum atomic E-state index is -0.275. The van der Waals surface area contributed by atoms with Crippen molar-refractivity contribution >= 4 is 21.8 Å². The van der Waals surface area contributed by atoms with Crippen molar-refractivity contribution in [3.63, 3.8) is 0 Å². The van der Waals surface area contributed by atoms with Crippen LogP contribution in [0.1, 0.15) is 24.8 Å². The van der Waals surface area contributed by atoms with E-state index in [-0.39, 0.29) is 11.7 Å². The van der Waals surface area contributed by atoms with Gasteiger partial charge < -0.3 is 9.88 Å². The minimum Gasteiger partial charge on any atom is -0.356 e. The molecule has 6 heteroatoms. The third-order valence-corrected chi connectivity index (χ3v) is 3.85. The standard InChI is InChI=1S/C16H19BrFN3O/c17-14-5-3-13(15(18)11-14)4-6-16(22)20-7-1-2-9-21-10-8-19-12-21/h3,5,8,10-12H,1-2,4,6-7,9H2,(H,20,22). The average Bonchev–Trinajstić information content (AvgIpc) is 2.99. The van der Waals surface area contributed by atoms with E-state index >= 15 is 0 Å². The largest absolute Gasteiger partial charge is 0.356 e. The lowest BCUT2D eigenvalue weighted by atomic mass is 10.1. The summed E-state index contributed by atoms with van der Waals surface area (Å²) in [5.74, 6) is -0.313. The first-order valence-electron chi connectivity index (χ1n) is 7.31. The maximum absolute atomic E-state index is 13.6. The molecule has 0 saturated carbocycles. The number of hydrogen-bond acceptors (Lipinski definition) is 2. The van der Waals surface area contributed by atoms with Crippen LogP contribution in [0, 0.1) is 5.82 Å². The van der Waals surface area contributed by atoms with Crippen molar-refractivity contribution in [2.75, 3.05) is 6.54 Å². The minimum absolute atomic E-state index is 0.0371. The van der Waals surface area contributed by atoms with E-state index in [1.807, 2.05) is 10.8 Å². The number of carbonyl (C=O) groups excluding carboxylic acids is 1. The monoisotopic (exact) mass is 367 g/mol. The van der Waals surface area contributed by atoms with E-state index in [4.69, 9.17) is 0 Å². The molecule has 1 aromatic heterocycles. The number of nitrogens with one attached hydrogen (secondary N) is 1. The van der Waals surface area contributed by atoms with Gasteiger partial charge in [-0.05, 0) is 37.0 Å². The summed E-state index contributed by atoms with van der Waals surface area (Å²) in [5, 5.41) is 2.87. The van der Waals surface area contributed by atoms with Crippen LogP contribution in [0.4, 0.5) is 4.39 Å². The molecule has 0 atom stereocenters. The van der Waals surface area contributed by atoms with Crippen molar-refractivity contribution in [2.24, 2.45) is 0 Å². The maximum Gasteiger partial charge on any atom is 0.220 e. The SMILES string of the molecule is O=C(CCc1ccc(Br)cc1F)NCCCCn1ccnc1. The molecule has 0 saturated heterocycles. The van der Waals surface area contributed by atoms with E-state index in [0.29, 0.717) is 29.4 Å². The highest BCUT2D eigenvalue weighted by molar-refractivity contribution is 9.10. The van der Waals surface area contributed by atoms with Gasteiger partial charge in [-0.3, -0.25) is 4.79 Å². The molecular formula is C16H19BrFN3O. The summed E-state index contributed by atoms with van der Waals surface area (Å²) in [6, 6.07) is 4.91. The Bertz CT molecular complexity index is 601. The molecule has 0 aliphatic rings. The molecule has 0 radical (unpaired) electrons. The zero-order valence-corrected chi connectivity index (χ0v) is 13.9. The fourth-order valence-electron chi connectivity index (χ4n) is 2.13. The van der Waals surface area contributed by atoms with E-state index in [0.717, 1.165) is 19.4 Å². The smallest absolute Gasteiger partial charge is 0.220 e. The highest BCUT2D eigenvalue weighted by Gasteiger charge is 2.06. The summed E-state index contributed by atoms with van der Waals surface area (Å²) >= 11 is 3.21.